The molecule has 2 atom stereocenters. The van der Waals surface area contributed by atoms with Gasteiger partial charge in [0.15, 0.2) is 0 Å². The SMILES string of the molecule is C#CC(C)(CC)N1CC(N)CC1=O. The standard InChI is InChI=1S/C10H16N2O/c1-4-10(3,5-2)12-7-8(11)6-9(12)13/h1,8H,5-7,11H2,2-3H3. The summed E-state index contributed by atoms with van der Waals surface area (Å²) in [6.45, 7) is 4.48. The van der Waals surface area contributed by atoms with Crippen molar-refractivity contribution in [2.75, 3.05) is 6.54 Å². The number of hydrogen-bond acceptors (Lipinski definition) is 2. The zero-order valence-corrected chi connectivity index (χ0v) is 8.21. The zero-order chi connectivity index (χ0) is 10.1. The summed E-state index contributed by atoms with van der Waals surface area (Å²) < 4.78 is 0. The summed E-state index contributed by atoms with van der Waals surface area (Å²) in [5.74, 6) is 2.75. The van der Waals surface area contributed by atoms with Gasteiger partial charge in [0.1, 0.15) is 5.54 Å². The fourth-order valence-corrected chi connectivity index (χ4v) is 1.58. The predicted octanol–water partition coefficient (Wildman–Crippen LogP) is 0.348. The largest absolute Gasteiger partial charge is 0.326 e. The van der Waals surface area contributed by atoms with Crippen molar-refractivity contribution < 1.29 is 4.79 Å². The van der Waals surface area contributed by atoms with E-state index in [0.29, 0.717) is 13.0 Å². The average molecular weight is 180 g/mol. The Hall–Kier alpha value is -1.01. The van der Waals surface area contributed by atoms with Gasteiger partial charge in [-0.05, 0) is 13.3 Å². The smallest absolute Gasteiger partial charge is 0.225 e. The Morgan fingerprint density at radius 3 is 2.77 bits per heavy atom. The molecule has 1 saturated heterocycles. The van der Waals surface area contributed by atoms with Crippen molar-refractivity contribution in [3.8, 4) is 12.3 Å². The van der Waals surface area contributed by atoms with E-state index in [1.54, 1.807) is 4.90 Å². The first kappa shape index (κ1) is 10.1. The highest BCUT2D eigenvalue weighted by Gasteiger charge is 2.38. The second kappa shape index (κ2) is 3.39. The van der Waals surface area contributed by atoms with Gasteiger partial charge in [-0.1, -0.05) is 12.8 Å². The molecule has 0 aromatic carbocycles. The maximum Gasteiger partial charge on any atom is 0.225 e. The molecule has 0 aromatic heterocycles. The summed E-state index contributed by atoms with van der Waals surface area (Å²) in [6.07, 6.45) is 6.61. The molecular formula is C10H16N2O. The quantitative estimate of drug-likeness (QED) is 0.623. The summed E-state index contributed by atoms with van der Waals surface area (Å²) in [4.78, 5) is 13.2. The number of likely N-dealkylation sites (tertiary alicyclic amines) is 1. The molecule has 1 fully saturated rings. The van der Waals surface area contributed by atoms with Crippen LogP contribution in [0.5, 0.6) is 0 Å². The maximum atomic E-state index is 11.5. The highest BCUT2D eigenvalue weighted by Crippen LogP contribution is 2.24. The predicted molar refractivity (Wildman–Crippen MR) is 51.8 cm³/mol. The Bertz CT molecular complexity index is 256. The van der Waals surface area contributed by atoms with Crippen LogP contribution in [0, 0.1) is 12.3 Å². The highest BCUT2D eigenvalue weighted by molar-refractivity contribution is 5.80. The van der Waals surface area contributed by atoms with E-state index >= 15 is 0 Å². The van der Waals surface area contributed by atoms with E-state index in [4.69, 9.17) is 12.2 Å². The number of nitrogens with two attached hydrogens (primary N) is 1. The summed E-state index contributed by atoms with van der Waals surface area (Å²) in [5.41, 5.74) is 5.24. The molecule has 1 aliphatic rings. The third kappa shape index (κ3) is 1.68. The number of terminal acetylenes is 1. The lowest BCUT2D eigenvalue weighted by atomic mass is 9.98. The molecule has 72 valence electrons. The van der Waals surface area contributed by atoms with Crippen LogP contribution in [0.1, 0.15) is 26.7 Å². The fourth-order valence-electron chi connectivity index (χ4n) is 1.58. The molecule has 13 heavy (non-hydrogen) atoms. The van der Waals surface area contributed by atoms with Crippen LogP contribution in [0.2, 0.25) is 0 Å². The number of carbonyl (C=O) groups is 1. The molecule has 0 saturated carbocycles. The molecule has 0 aliphatic carbocycles. The van der Waals surface area contributed by atoms with Gasteiger partial charge in [-0.15, -0.1) is 6.42 Å². The van der Waals surface area contributed by atoms with E-state index in [0.717, 1.165) is 6.42 Å². The molecule has 1 amide bonds. The first-order valence-electron chi connectivity index (χ1n) is 4.57. The van der Waals surface area contributed by atoms with Gasteiger partial charge in [-0.2, -0.15) is 0 Å². The number of nitrogens with zero attached hydrogens (tertiary/aromatic N) is 1. The van der Waals surface area contributed by atoms with E-state index in [1.165, 1.54) is 0 Å². The number of amides is 1. The van der Waals surface area contributed by atoms with Crippen molar-refractivity contribution in [3.63, 3.8) is 0 Å². The van der Waals surface area contributed by atoms with E-state index in [1.807, 2.05) is 13.8 Å². The summed E-state index contributed by atoms with van der Waals surface area (Å²) in [5, 5.41) is 0. The van der Waals surface area contributed by atoms with Gasteiger partial charge < -0.3 is 10.6 Å². The minimum atomic E-state index is -0.453. The number of carbonyl (C=O) groups excluding carboxylic acids is 1. The van der Waals surface area contributed by atoms with Crippen molar-refractivity contribution in [1.82, 2.24) is 4.90 Å². The molecule has 0 bridgehead atoms. The van der Waals surface area contributed by atoms with E-state index < -0.39 is 5.54 Å². The molecule has 1 rings (SSSR count). The van der Waals surface area contributed by atoms with Crippen molar-refractivity contribution in [1.29, 1.82) is 0 Å². The Morgan fingerprint density at radius 1 is 1.85 bits per heavy atom. The number of rotatable bonds is 2. The first-order valence-corrected chi connectivity index (χ1v) is 4.57. The summed E-state index contributed by atoms with van der Waals surface area (Å²) >= 11 is 0. The molecule has 3 nitrogen and oxygen atoms in total. The lowest BCUT2D eigenvalue weighted by Crippen LogP contribution is -2.46. The van der Waals surface area contributed by atoms with Crippen LogP contribution in [-0.4, -0.2) is 28.9 Å². The lowest BCUT2D eigenvalue weighted by Gasteiger charge is -2.33. The van der Waals surface area contributed by atoms with Crippen LogP contribution in [0.25, 0.3) is 0 Å². The van der Waals surface area contributed by atoms with Crippen LogP contribution < -0.4 is 5.73 Å². The average Bonchev–Trinajstić information content (AvgIpc) is 2.44. The molecule has 0 radical (unpaired) electrons. The summed E-state index contributed by atoms with van der Waals surface area (Å²) in [6, 6.07) is -0.0493. The van der Waals surface area contributed by atoms with Crippen LogP contribution >= 0.6 is 0 Å². The Kier molecular flexibility index (Phi) is 2.63. The van der Waals surface area contributed by atoms with Crippen molar-refractivity contribution in [2.24, 2.45) is 5.73 Å². The fraction of sp³-hybridized carbons (Fsp3) is 0.700. The molecular weight excluding hydrogens is 164 g/mol. The van der Waals surface area contributed by atoms with Gasteiger partial charge in [-0.25, -0.2) is 0 Å². The third-order valence-electron chi connectivity index (χ3n) is 2.75. The molecule has 0 spiro atoms. The van der Waals surface area contributed by atoms with E-state index in [2.05, 4.69) is 5.92 Å². The Balaban J connectivity index is 2.83. The molecule has 3 heteroatoms. The zero-order valence-electron chi connectivity index (χ0n) is 8.21. The maximum absolute atomic E-state index is 11.5. The molecule has 1 aliphatic heterocycles. The van der Waals surface area contributed by atoms with Gasteiger partial charge in [0.25, 0.3) is 0 Å². The van der Waals surface area contributed by atoms with Crippen LogP contribution in [0.3, 0.4) is 0 Å². The van der Waals surface area contributed by atoms with Gasteiger partial charge in [0.2, 0.25) is 5.91 Å². The minimum absolute atomic E-state index is 0.0493. The third-order valence-corrected chi connectivity index (χ3v) is 2.75. The lowest BCUT2D eigenvalue weighted by molar-refractivity contribution is -0.131. The van der Waals surface area contributed by atoms with Gasteiger partial charge in [0, 0.05) is 19.0 Å². The Morgan fingerprint density at radius 2 is 2.46 bits per heavy atom. The van der Waals surface area contributed by atoms with Crippen molar-refractivity contribution in [3.05, 3.63) is 0 Å². The second-order valence-corrected chi connectivity index (χ2v) is 3.74. The monoisotopic (exact) mass is 180 g/mol. The highest BCUT2D eigenvalue weighted by atomic mass is 16.2. The van der Waals surface area contributed by atoms with Gasteiger partial charge in [0.05, 0.1) is 0 Å². The molecule has 2 N–H and O–H groups in total. The summed E-state index contributed by atoms with van der Waals surface area (Å²) in [7, 11) is 0. The molecule has 2 unspecified atom stereocenters. The normalized spacial score (nSPS) is 27.1. The number of hydrogen-bond donors (Lipinski definition) is 1. The van der Waals surface area contributed by atoms with E-state index in [9.17, 15) is 4.79 Å². The van der Waals surface area contributed by atoms with Crippen LogP contribution in [0.15, 0.2) is 0 Å². The minimum Gasteiger partial charge on any atom is -0.326 e. The topological polar surface area (TPSA) is 46.3 Å². The van der Waals surface area contributed by atoms with Crippen molar-refractivity contribution >= 4 is 5.91 Å². The second-order valence-electron chi connectivity index (χ2n) is 3.74. The van der Waals surface area contributed by atoms with Crippen LogP contribution in [-0.2, 0) is 4.79 Å². The van der Waals surface area contributed by atoms with E-state index in [-0.39, 0.29) is 11.9 Å². The van der Waals surface area contributed by atoms with Gasteiger partial charge >= 0.3 is 0 Å². The molecule has 1 heterocycles. The Labute approximate surface area is 79.3 Å². The van der Waals surface area contributed by atoms with Crippen LogP contribution in [0.4, 0.5) is 0 Å². The first-order chi connectivity index (χ1) is 6.03. The van der Waals surface area contributed by atoms with Crippen molar-refractivity contribution in [2.45, 2.75) is 38.3 Å². The molecule has 0 aromatic rings. The van der Waals surface area contributed by atoms with Gasteiger partial charge in [-0.3, -0.25) is 4.79 Å².